The Labute approximate surface area is 150 Å². The van der Waals surface area contributed by atoms with Crippen molar-refractivity contribution < 1.29 is 18.7 Å². The number of benzene rings is 2. The predicted molar refractivity (Wildman–Crippen MR) is 93.7 cm³/mol. The van der Waals surface area contributed by atoms with E-state index in [1.165, 1.54) is 18.2 Å². The number of halogens is 2. The van der Waals surface area contributed by atoms with Gasteiger partial charge in [-0.3, -0.25) is 10.2 Å². The normalized spacial score (nSPS) is 10.9. The SMILES string of the molecule is CC(C)(C)OC(=O)NNC(=O)c1ccc(-c2ccc(F)cc2)cc1Cl. The summed E-state index contributed by atoms with van der Waals surface area (Å²) >= 11 is 6.15. The highest BCUT2D eigenvalue weighted by atomic mass is 35.5. The first-order valence-corrected chi connectivity index (χ1v) is 7.88. The van der Waals surface area contributed by atoms with E-state index in [9.17, 15) is 14.0 Å². The number of rotatable bonds is 2. The maximum absolute atomic E-state index is 13.0. The number of nitrogens with one attached hydrogen (secondary N) is 2. The molecule has 0 heterocycles. The Hall–Kier alpha value is -2.60. The zero-order valence-corrected chi connectivity index (χ0v) is 14.8. The molecule has 0 aromatic heterocycles. The molecule has 7 heteroatoms. The van der Waals surface area contributed by atoms with Gasteiger partial charge in [0, 0.05) is 0 Å². The van der Waals surface area contributed by atoms with Crippen LogP contribution in [0.3, 0.4) is 0 Å². The van der Waals surface area contributed by atoms with Gasteiger partial charge in [-0.2, -0.15) is 0 Å². The fourth-order valence-corrected chi connectivity index (χ4v) is 2.27. The average Bonchev–Trinajstić information content (AvgIpc) is 2.51. The van der Waals surface area contributed by atoms with Crippen LogP contribution in [0.15, 0.2) is 42.5 Å². The molecular weight excluding hydrogens is 347 g/mol. The van der Waals surface area contributed by atoms with Gasteiger partial charge >= 0.3 is 6.09 Å². The molecule has 2 aromatic rings. The number of hydrazine groups is 1. The third-order valence-electron chi connectivity index (χ3n) is 3.07. The van der Waals surface area contributed by atoms with Crippen LogP contribution in [-0.2, 0) is 4.74 Å². The second kappa shape index (κ2) is 7.53. The van der Waals surface area contributed by atoms with Crippen LogP contribution in [0, 0.1) is 5.82 Å². The Morgan fingerprint density at radius 1 is 1.00 bits per heavy atom. The number of hydrogen-bond donors (Lipinski definition) is 2. The molecule has 0 bridgehead atoms. The fourth-order valence-electron chi connectivity index (χ4n) is 2.00. The van der Waals surface area contributed by atoms with Crippen molar-refractivity contribution >= 4 is 23.6 Å². The van der Waals surface area contributed by atoms with E-state index < -0.39 is 17.6 Å². The van der Waals surface area contributed by atoms with Crippen molar-refractivity contribution in [2.24, 2.45) is 0 Å². The summed E-state index contributed by atoms with van der Waals surface area (Å²) < 4.78 is 18.0. The molecule has 0 radical (unpaired) electrons. The second-order valence-electron chi connectivity index (χ2n) is 6.28. The molecule has 132 valence electrons. The van der Waals surface area contributed by atoms with Gasteiger partial charge in [0.05, 0.1) is 10.6 Å². The number of carbonyl (C=O) groups is 2. The van der Waals surface area contributed by atoms with E-state index in [1.807, 2.05) is 0 Å². The Morgan fingerprint density at radius 2 is 1.60 bits per heavy atom. The first kappa shape index (κ1) is 18.7. The van der Waals surface area contributed by atoms with Gasteiger partial charge in [-0.15, -0.1) is 0 Å². The minimum atomic E-state index is -0.778. The van der Waals surface area contributed by atoms with Crippen LogP contribution in [0.2, 0.25) is 5.02 Å². The largest absolute Gasteiger partial charge is 0.443 e. The lowest BCUT2D eigenvalue weighted by atomic mass is 10.0. The first-order valence-electron chi connectivity index (χ1n) is 7.50. The van der Waals surface area contributed by atoms with E-state index in [-0.39, 0.29) is 16.4 Å². The van der Waals surface area contributed by atoms with Gasteiger partial charge in [0.25, 0.3) is 5.91 Å². The van der Waals surface area contributed by atoms with E-state index in [1.54, 1.807) is 45.0 Å². The molecule has 0 aliphatic heterocycles. The summed E-state index contributed by atoms with van der Waals surface area (Å²) in [5.74, 6) is -0.916. The standard InChI is InChI=1S/C18H18ClFN2O3/c1-18(2,3)25-17(24)22-21-16(23)14-9-6-12(10-15(14)19)11-4-7-13(20)8-5-11/h4-10H,1-3H3,(H,21,23)(H,22,24). The van der Waals surface area contributed by atoms with E-state index in [0.717, 1.165) is 11.1 Å². The highest BCUT2D eigenvalue weighted by Crippen LogP contribution is 2.25. The van der Waals surface area contributed by atoms with Gasteiger partial charge in [-0.25, -0.2) is 14.6 Å². The van der Waals surface area contributed by atoms with Gasteiger partial charge in [0.15, 0.2) is 0 Å². The molecule has 0 unspecified atom stereocenters. The minimum absolute atomic E-state index is 0.184. The third kappa shape index (κ3) is 5.46. The molecule has 5 nitrogen and oxygen atoms in total. The molecule has 0 atom stereocenters. The molecule has 0 aliphatic carbocycles. The Balaban J connectivity index is 2.06. The average molecular weight is 365 g/mol. The summed E-state index contributed by atoms with van der Waals surface area (Å²) in [5.41, 5.74) is 5.40. The lowest BCUT2D eigenvalue weighted by molar-refractivity contribution is 0.0483. The Kier molecular flexibility index (Phi) is 5.64. The van der Waals surface area contributed by atoms with E-state index in [2.05, 4.69) is 10.9 Å². The predicted octanol–water partition coefficient (Wildman–Crippen LogP) is 4.32. The number of amides is 2. The molecule has 25 heavy (non-hydrogen) atoms. The van der Waals surface area contributed by atoms with Crippen molar-refractivity contribution in [1.82, 2.24) is 10.9 Å². The number of ether oxygens (including phenoxy) is 1. The van der Waals surface area contributed by atoms with Crippen molar-refractivity contribution in [2.75, 3.05) is 0 Å². The third-order valence-corrected chi connectivity index (χ3v) is 3.38. The van der Waals surface area contributed by atoms with Crippen LogP contribution in [0.4, 0.5) is 9.18 Å². The highest BCUT2D eigenvalue weighted by Gasteiger charge is 2.17. The molecule has 2 aromatic carbocycles. The van der Waals surface area contributed by atoms with Crippen LogP contribution >= 0.6 is 11.6 Å². The minimum Gasteiger partial charge on any atom is -0.443 e. The van der Waals surface area contributed by atoms with E-state index in [0.29, 0.717) is 0 Å². The van der Waals surface area contributed by atoms with Crippen molar-refractivity contribution in [3.63, 3.8) is 0 Å². The van der Waals surface area contributed by atoms with Crippen molar-refractivity contribution in [1.29, 1.82) is 0 Å². The van der Waals surface area contributed by atoms with Crippen LogP contribution < -0.4 is 10.9 Å². The molecule has 0 saturated carbocycles. The van der Waals surface area contributed by atoms with Crippen molar-refractivity contribution in [2.45, 2.75) is 26.4 Å². The topological polar surface area (TPSA) is 67.4 Å². The smallest absolute Gasteiger partial charge is 0.426 e. The van der Waals surface area contributed by atoms with Gasteiger partial charge in [0.1, 0.15) is 11.4 Å². The van der Waals surface area contributed by atoms with E-state index in [4.69, 9.17) is 16.3 Å². The molecule has 2 amide bonds. The van der Waals surface area contributed by atoms with Gasteiger partial charge in [-0.05, 0) is 56.2 Å². The second-order valence-corrected chi connectivity index (χ2v) is 6.69. The summed E-state index contributed by atoms with van der Waals surface area (Å²) in [5, 5.41) is 0.199. The number of carbonyl (C=O) groups excluding carboxylic acids is 2. The monoisotopic (exact) mass is 364 g/mol. The summed E-state index contributed by atoms with van der Waals surface area (Å²) in [6, 6.07) is 10.7. The lowest BCUT2D eigenvalue weighted by Crippen LogP contribution is -2.44. The maximum atomic E-state index is 13.0. The van der Waals surface area contributed by atoms with Crippen LogP contribution in [-0.4, -0.2) is 17.6 Å². The van der Waals surface area contributed by atoms with E-state index >= 15 is 0 Å². The number of hydrogen-bond acceptors (Lipinski definition) is 3. The summed E-state index contributed by atoms with van der Waals surface area (Å²) in [6.45, 7) is 5.12. The molecule has 0 fully saturated rings. The van der Waals surface area contributed by atoms with Crippen LogP contribution in [0.1, 0.15) is 31.1 Å². The van der Waals surface area contributed by atoms with Gasteiger partial charge < -0.3 is 4.74 Å². The zero-order chi connectivity index (χ0) is 18.6. The molecule has 2 rings (SSSR count). The lowest BCUT2D eigenvalue weighted by Gasteiger charge is -2.19. The molecule has 0 spiro atoms. The Morgan fingerprint density at radius 3 is 2.16 bits per heavy atom. The molecule has 0 saturated heterocycles. The first-order chi connectivity index (χ1) is 11.7. The maximum Gasteiger partial charge on any atom is 0.426 e. The summed E-state index contributed by atoms with van der Waals surface area (Å²) in [4.78, 5) is 23.6. The van der Waals surface area contributed by atoms with Crippen LogP contribution in [0.25, 0.3) is 11.1 Å². The highest BCUT2D eigenvalue weighted by molar-refractivity contribution is 6.34. The van der Waals surface area contributed by atoms with Gasteiger partial charge in [-0.1, -0.05) is 29.8 Å². The van der Waals surface area contributed by atoms with Gasteiger partial charge in [0.2, 0.25) is 0 Å². The van der Waals surface area contributed by atoms with Crippen molar-refractivity contribution in [3.05, 3.63) is 58.9 Å². The zero-order valence-electron chi connectivity index (χ0n) is 14.0. The molecule has 2 N–H and O–H groups in total. The van der Waals surface area contributed by atoms with Crippen molar-refractivity contribution in [3.8, 4) is 11.1 Å². The van der Waals surface area contributed by atoms with Crippen LogP contribution in [0.5, 0.6) is 0 Å². The molecular formula is C18H18ClFN2O3. The summed E-state index contributed by atoms with van der Waals surface area (Å²) in [7, 11) is 0. The fraction of sp³-hybridized carbons (Fsp3) is 0.222. The Bertz CT molecular complexity index is 786. The summed E-state index contributed by atoms with van der Waals surface area (Å²) in [6.07, 6.45) is -0.778. The quantitative estimate of drug-likeness (QED) is 0.780. The molecule has 0 aliphatic rings.